The number of nitrogens with one attached hydrogen (secondary N) is 3. The Bertz CT molecular complexity index is 1250. The summed E-state index contributed by atoms with van der Waals surface area (Å²) in [5.41, 5.74) is 2.95. The molecule has 1 atom stereocenters. The smallest absolute Gasteiger partial charge is 0.325 e. The molecule has 0 saturated heterocycles. The fourth-order valence-electron chi connectivity index (χ4n) is 3.52. The van der Waals surface area contributed by atoms with Gasteiger partial charge in [-0.2, -0.15) is 5.26 Å². The molecule has 0 fully saturated rings. The van der Waals surface area contributed by atoms with Crippen molar-refractivity contribution in [3.8, 4) is 6.07 Å². The molecule has 1 aliphatic heterocycles. The summed E-state index contributed by atoms with van der Waals surface area (Å²) >= 11 is 1.39. The molecule has 0 aliphatic carbocycles. The molecule has 0 spiro atoms. The van der Waals surface area contributed by atoms with E-state index >= 15 is 0 Å². The van der Waals surface area contributed by atoms with Crippen LogP contribution in [0, 0.1) is 11.3 Å². The number of urea groups is 1. The lowest BCUT2D eigenvalue weighted by Crippen LogP contribution is -2.35. The number of para-hydroxylation sites is 1. The maximum Gasteiger partial charge on any atom is 0.325 e. The number of thiazole rings is 1. The topological polar surface area (TPSA) is 143 Å². The summed E-state index contributed by atoms with van der Waals surface area (Å²) in [7, 11) is 0. The second-order valence-electron chi connectivity index (χ2n) is 7.79. The van der Waals surface area contributed by atoms with E-state index in [-0.39, 0.29) is 6.61 Å². The fourth-order valence-corrected chi connectivity index (χ4v) is 4.54. The molecule has 0 bridgehead atoms. The minimum Gasteiger partial charge on any atom is -0.394 e. The van der Waals surface area contributed by atoms with Crippen molar-refractivity contribution in [3.05, 3.63) is 64.4 Å². The lowest BCUT2D eigenvalue weighted by molar-refractivity contribution is 0.0923. The van der Waals surface area contributed by atoms with Crippen LogP contribution in [0.2, 0.25) is 0 Å². The number of fused-ring (bicyclic) bond motifs is 1. The number of carbonyl (C=O) groups excluding carboxylic acids is 2. The second kappa shape index (κ2) is 10.3. The lowest BCUT2D eigenvalue weighted by atomic mass is 10.1. The first-order valence-electron chi connectivity index (χ1n) is 10.6. The Balaban J connectivity index is 1.42. The van der Waals surface area contributed by atoms with Crippen molar-refractivity contribution in [1.29, 1.82) is 5.26 Å². The van der Waals surface area contributed by atoms with E-state index in [1.54, 1.807) is 43.5 Å². The largest absolute Gasteiger partial charge is 0.394 e. The van der Waals surface area contributed by atoms with E-state index in [0.717, 1.165) is 22.8 Å². The Hall–Kier alpha value is -4.01. The highest BCUT2D eigenvalue weighted by Gasteiger charge is 2.22. The van der Waals surface area contributed by atoms with Gasteiger partial charge < -0.3 is 20.6 Å². The van der Waals surface area contributed by atoms with Crippen molar-refractivity contribution in [3.63, 3.8) is 0 Å². The maximum absolute atomic E-state index is 12.6. The molecule has 3 amide bonds. The normalized spacial score (nSPS) is 13.4. The van der Waals surface area contributed by atoms with Crippen LogP contribution < -0.4 is 20.9 Å². The molecule has 34 heavy (non-hydrogen) atoms. The number of benzene rings is 1. The number of aliphatic hydroxyl groups excluding tert-OH is 1. The standard InChI is InChI=1S/C23H23N7O3S/c1-14(13-31)26-21(32)17-4-2-3-5-18(17)27-22(33)29-23-28-19-6-7-30(12-20(19)34-23)16-8-15(9-24)10-25-11-16/h2-5,8,10-11,14,31H,6-7,12-13H2,1H3,(H,26,32)(H2,27,28,29,33)/t14-/m0/s1. The number of aliphatic hydroxyl groups is 1. The fraction of sp³-hybridized carbons (Fsp3) is 0.261. The molecular formula is C23H23N7O3S. The van der Waals surface area contributed by atoms with Crippen molar-refractivity contribution in [2.24, 2.45) is 0 Å². The van der Waals surface area contributed by atoms with Gasteiger partial charge in [0.1, 0.15) is 6.07 Å². The van der Waals surface area contributed by atoms with Gasteiger partial charge in [0.2, 0.25) is 0 Å². The van der Waals surface area contributed by atoms with Gasteiger partial charge in [0.05, 0.1) is 47.5 Å². The second-order valence-corrected chi connectivity index (χ2v) is 8.87. The van der Waals surface area contributed by atoms with Crippen LogP contribution in [0.4, 0.5) is 21.3 Å². The average molecular weight is 478 g/mol. The van der Waals surface area contributed by atoms with Gasteiger partial charge in [-0.25, -0.2) is 9.78 Å². The minimum atomic E-state index is -0.510. The molecule has 0 radical (unpaired) electrons. The van der Waals surface area contributed by atoms with E-state index in [9.17, 15) is 9.59 Å². The number of nitrogens with zero attached hydrogens (tertiary/aromatic N) is 4. The lowest BCUT2D eigenvalue weighted by Gasteiger charge is -2.27. The number of rotatable bonds is 6. The van der Waals surface area contributed by atoms with Crippen molar-refractivity contribution in [1.82, 2.24) is 15.3 Å². The van der Waals surface area contributed by atoms with Crippen LogP contribution in [0.5, 0.6) is 0 Å². The summed E-state index contributed by atoms with van der Waals surface area (Å²) < 4.78 is 0. The molecule has 4 N–H and O–H groups in total. The van der Waals surface area contributed by atoms with Gasteiger partial charge in [0.15, 0.2) is 5.13 Å². The van der Waals surface area contributed by atoms with E-state index < -0.39 is 18.0 Å². The molecule has 10 nitrogen and oxygen atoms in total. The summed E-state index contributed by atoms with van der Waals surface area (Å²) in [6.45, 7) is 2.84. The molecule has 1 aromatic carbocycles. The van der Waals surface area contributed by atoms with Gasteiger partial charge in [0, 0.05) is 30.1 Å². The average Bonchev–Trinajstić information content (AvgIpc) is 3.25. The van der Waals surface area contributed by atoms with E-state index in [1.165, 1.54) is 17.5 Å². The number of anilines is 3. The van der Waals surface area contributed by atoms with Crippen LogP contribution in [-0.4, -0.2) is 46.2 Å². The summed E-state index contributed by atoms with van der Waals surface area (Å²) in [6.07, 6.45) is 3.97. The van der Waals surface area contributed by atoms with Gasteiger partial charge in [-0.05, 0) is 25.1 Å². The van der Waals surface area contributed by atoms with E-state index in [1.807, 2.05) is 0 Å². The zero-order valence-electron chi connectivity index (χ0n) is 18.4. The summed E-state index contributed by atoms with van der Waals surface area (Å²) in [5, 5.41) is 26.9. The molecule has 11 heteroatoms. The molecule has 3 aromatic rings. The highest BCUT2D eigenvalue weighted by atomic mass is 32.1. The number of pyridine rings is 1. The Kier molecular flexibility index (Phi) is 7.01. The van der Waals surface area contributed by atoms with Crippen LogP contribution in [-0.2, 0) is 13.0 Å². The van der Waals surface area contributed by atoms with Crippen molar-refractivity contribution >= 4 is 39.8 Å². The van der Waals surface area contributed by atoms with Crippen LogP contribution in [0.1, 0.15) is 33.4 Å². The van der Waals surface area contributed by atoms with Gasteiger partial charge in [-0.3, -0.25) is 15.1 Å². The van der Waals surface area contributed by atoms with E-state index in [4.69, 9.17) is 10.4 Å². The van der Waals surface area contributed by atoms with E-state index in [0.29, 0.717) is 34.9 Å². The van der Waals surface area contributed by atoms with Crippen molar-refractivity contribution < 1.29 is 14.7 Å². The van der Waals surface area contributed by atoms with Crippen LogP contribution in [0.25, 0.3) is 0 Å². The van der Waals surface area contributed by atoms with Crippen LogP contribution >= 0.6 is 11.3 Å². The quantitative estimate of drug-likeness (QED) is 0.427. The number of carbonyl (C=O) groups is 2. The predicted octanol–water partition coefficient (Wildman–Crippen LogP) is 2.73. The third-order valence-electron chi connectivity index (χ3n) is 5.24. The maximum atomic E-state index is 12.6. The van der Waals surface area contributed by atoms with Crippen molar-refractivity contribution in [2.45, 2.75) is 25.9 Å². The zero-order chi connectivity index (χ0) is 24.1. The van der Waals surface area contributed by atoms with Gasteiger partial charge in [-0.15, -0.1) is 0 Å². The first-order chi connectivity index (χ1) is 16.5. The molecule has 174 valence electrons. The highest BCUT2D eigenvalue weighted by Crippen LogP contribution is 2.31. The summed E-state index contributed by atoms with van der Waals surface area (Å²) in [6, 6.07) is 9.64. The van der Waals surface area contributed by atoms with Gasteiger partial charge in [-0.1, -0.05) is 23.5 Å². The molecule has 4 rings (SSSR count). The molecule has 1 aliphatic rings. The van der Waals surface area contributed by atoms with Gasteiger partial charge >= 0.3 is 6.03 Å². The summed E-state index contributed by atoms with van der Waals surface area (Å²) in [4.78, 5) is 36.9. The van der Waals surface area contributed by atoms with E-state index in [2.05, 4.69) is 36.9 Å². The number of hydrogen-bond donors (Lipinski definition) is 4. The predicted molar refractivity (Wildman–Crippen MR) is 129 cm³/mol. The van der Waals surface area contributed by atoms with Gasteiger partial charge in [0.25, 0.3) is 5.91 Å². The number of amides is 3. The third kappa shape index (κ3) is 5.31. The molecule has 0 saturated carbocycles. The highest BCUT2D eigenvalue weighted by molar-refractivity contribution is 7.15. The first-order valence-corrected chi connectivity index (χ1v) is 11.5. The number of nitriles is 1. The zero-order valence-corrected chi connectivity index (χ0v) is 19.2. The molecule has 2 aromatic heterocycles. The molecule has 3 heterocycles. The van der Waals surface area contributed by atoms with Crippen LogP contribution in [0.15, 0.2) is 42.7 Å². The first kappa shape index (κ1) is 23.2. The Morgan fingerprint density at radius 3 is 2.91 bits per heavy atom. The Morgan fingerprint density at radius 2 is 2.12 bits per heavy atom. The SMILES string of the molecule is C[C@@H](CO)NC(=O)c1ccccc1NC(=O)Nc1nc2c(s1)CN(c1cncc(C#N)c1)CC2. The monoisotopic (exact) mass is 477 g/mol. The molecule has 0 unspecified atom stereocenters. The number of hydrogen-bond acceptors (Lipinski definition) is 8. The Labute approximate surface area is 200 Å². The molecular weight excluding hydrogens is 454 g/mol. The van der Waals surface area contributed by atoms with Crippen molar-refractivity contribution in [2.75, 3.05) is 28.7 Å². The minimum absolute atomic E-state index is 0.186. The number of aromatic nitrogens is 2. The Morgan fingerprint density at radius 1 is 1.29 bits per heavy atom. The summed E-state index contributed by atoms with van der Waals surface area (Å²) in [5.74, 6) is -0.391. The van der Waals surface area contributed by atoms with Crippen LogP contribution in [0.3, 0.4) is 0 Å². The third-order valence-corrected chi connectivity index (χ3v) is 6.24.